The number of nitrogens with one attached hydrogen (secondary N) is 3. The topological polar surface area (TPSA) is 91.7 Å². The molecule has 1 aliphatic carbocycles. The van der Waals surface area contributed by atoms with E-state index >= 15 is 0 Å². The Kier molecular flexibility index (Phi) is 4.28. The summed E-state index contributed by atoms with van der Waals surface area (Å²) in [6.45, 7) is 2.10. The van der Waals surface area contributed by atoms with Crippen LogP contribution in [0.2, 0.25) is 0 Å². The molecule has 6 nitrogen and oxygen atoms in total. The van der Waals surface area contributed by atoms with Gasteiger partial charge in [0.1, 0.15) is 5.82 Å². The second-order valence-corrected chi connectivity index (χ2v) is 6.81. The Hall–Kier alpha value is -2.60. The van der Waals surface area contributed by atoms with E-state index in [4.69, 9.17) is 5.73 Å². The number of hydrogen-bond acceptors (Lipinski definition) is 5. The summed E-state index contributed by atoms with van der Waals surface area (Å²) in [5, 5.41) is 8.03. The van der Waals surface area contributed by atoms with Gasteiger partial charge in [-0.1, -0.05) is 25.0 Å². The molecule has 0 aliphatic heterocycles. The molecule has 0 unspecified atom stereocenters. The minimum Gasteiger partial charge on any atom is -0.364 e. The number of hydrogen-bond donors (Lipinski definition) is 4. The normalized spacial score (nSPS) is 20.6. The number of benzene rings is 1. The predicted octanol–water partition coefficient (Wildman–Crippen LogP) is 3.69. The van der Waals surface area contributed by atoms with Crippen molar-refractivity contribution in [3.63, 3.8) is 0 Å². The molecule has 1 aliphatic rings. The molecule has 1 aromatic carbocycles. The van der Waals surface area contributed by atoms with Gasteiger partial charge in [-0.25, -0.2) is 4.98 Å². The fraction of sp³-hybridized carbons (Fsp3) is 0.368. The minimum atomic E-state index is 0.183. The number of nitrogens with zero attached hydrogens (tertiary/aromatic N) is 2. The first-order chi connectivity index (χ1) is 12.2. The maximum Gasteiger partial charge on any atom is 0.151 e. The molecule has 2 atom stereocenters. The van der Waals surface area contributed by atoms with Crippen LogP contribution in [0.3, 0.4) is 0 Å². The van der Waals surface area contributed by atoms with Crippen LogP contribution in [-0.2, 0) is 0 Å². The summed E-state index contributed by atoms with van der Waals surface area (Å²) in [7, 11) is 0. The largest absolute Gasteiger partial charge is 0.364 e. The Bertz CT molecular complexity index is 871. The molecule has 6 heteroatoms. The molecule has 0 spiro atoms. The van der Waals surface area contributed by atoms with Gasteiger partial charge in [-0.2, -0.15) is 0 Å². The zero-order valence-corrected chi connectivity index (χ0v) is 14.4. The second kappa shape index (κ2) is 6.72. The quantitative estimate of drug-likeness (QED) is 0.583. The van der Waals surface area contributed by atoms with E-state index in [0.717, 1.165) is 29.9 Å². The smallest absolute Gasteiger partial charge is 0.151 e. The van der Waals surface area contributed by atoms with E-state index in [0.29, 0.717) is 5.82 Å². The Morgan fingerprint density at radius 2 is 2.00 bits per heavy atom. The summed E-state index contributed by atoms with van der Waals surface area (Å²) in [5.74, 6) is 1.48. The molecule has 2 aromatic heterocycles. The number of aromatic amines is 1. The molecule has 130 valence electrons. The molecular formula is C19H24N6. The van der Waals surface area contributed by atoms with Gasteiger partial charge in [-0.15, -0.1) is 0 Å². The van der Waals surface area contributed by atoms with Gasteiger partial charge in [-0.3, -0.25) is 4.98 Å². The molecular weight excluding hydrogens is 312 g/mol. The van der Waals surface area contributed by atoms with Gasteiger partial charge in [0.2, 0.25) is 0 Å². The van der Waals surface area contributed by atoms with E-state index in [-0.39, 0.29) is 12.1 Å². The van der Waals surface area contributed by atoms with E-state index in [1.807, 2.05) is 18.3 Å². The summed E-state index contributed by atoms with van der Waals surface area (Å²) in [6, 6.07) is 6.65. The molecule has 25 heavy (non-hydrogen) atoms. The summed E-state index contributed by atoms with van der Waals surface area (Å²) < 4.78 is 0. The molecule has 4 rings (SSSR count). The Morgan fingerprint density at radius 1 is 1.16 bits per heavy atom. The fourth-order valence-electron chi connectivity index (χ4n) is 3.56. The summed E-state index contributed by atoms with van der Waals surface area (Å²) in [4.78, 5) is 12.3. The SMILES string of the molecule is Cc1c[nH]c2c(Nc3cncc(N[C@@H]4CCCC[C@@H]4N)n3)cccc12. The van der Waals surface area contributed by atoms with Crippen LogP contribution in [0.1, 0.15) is 31.2 Å². The average Bonchev–Trinajstić information content (AvgIpc) is 3.00. The fourth-order valence-corrected chi connectivity index (χ4v) is 3.56. The lowest BCUT2D eigenvalue weighted by Gasteiger charge is -2.29. The van der Waals surface area contributed by atoms with Crippen LogP contribution >= 0.6 is 0 Å². The lowest BCUT2D eigenvalue weighted by molar-refractivity contribution is 0.403. The van der Waals surface area contributed by atoms with Gasteiger partial charge in [0.25, 0.3) is 0 Å². The van der Waals surface area contributed by atoms with Crippen molar-refractivity contribution in [2.24, 2.45) is 5.73 Å². The number of para-hydroxylation sites is 1. The van der Waals surface area contributed by atoms with Crippen LogP contribution in [0.4, 0.5) is 17.3 Å². The average molecular weight is 336 g/mol. The lowest BCUT2D eigenvalue weighted by Crippen LogP contribution is -2.42. The number of nitrogens with two attached hydrogens (primary N) is 1. The number of fused-ring (bicyclic) bond motifs is 1. The van der Waals surface area contributed by atoms with Crippen molar-refractivity contribution in [1.29, 1.82) is 0 Å². The van der Waals surface area contributed by atoms with Crippen LogP contribution in [-0.4, -0.2) is 27.0 Å². The third-order valence-corrected chi connectivity index (χ3v) is 4.97. The molecule has 3 aromatic rings. The van der Waals surface area contributed by atoms with Gasteiger partial charge >= 0.3 is 0 Å². The molecule has 5 N–H and O–H groups in total. The molecule has 0 saturated heterocycles. The number of H-pyrrole nitrogens is 1. The third-order valence-electron chi connectivity index (χ3n) is 4.97. The zero-order chi connectivity index (χ0) is 17.2. The van der Waals surface area contributed by atoms with E-state index in [2.05, 4.69) is 38.6 Å². The van der Waals surface area contributed by atoms with Crippen molar-refractivity contribution in [3.05, 3.63) is 42.4 Å². The molecule has 1 fully saturated rings. The molecule has 0 amide bonds. The van der Waals surface area contributed by atoms with Gasteiger partial charge in [0, 0.05) is 23.7 Å². The van der Waals surface area contributed by atoms with Crippen molar-refractivity contribution < 1.29 is 0 Å². The van der Waals surface area contributed by atoms with Crippen molar-refractivity contribution in [2.45, 2.75) is 44.7 Å². The number of rotatable bonds is 4. The lowest BCUT2D eigenvalue weighted by atomic mass is 9.91. The number of anilines is 3. The first-order valence-electron chi connectivity index (χ1n) is 8.88. The first-order valence-corrected chi connectivity index (χ1v) is 8.88. The Balaban J connectivity index is 1.55. The standard InChI is InChI=1S/C19H24N6/c1-12-9-22-19-13(12)5-4-8-16(19)24-18-11-21-10-17(25-18)23-15-7-3-2-6-14(15)20/h4-5,8-11,14-15,22H,2-3,6-7,20H2,1H3,(H2,23,24,25)/t14-,15+/m0/s1. The minimum absolute atomic E-state index is 0.183. The van der Waals surface area contributed by atoms with Gasteiger partial charge in [0.15, 0.2) is 5.82 Å². The third kappa shape index (κ3) is 3.30. The van der Waals surface area contributed by atoms with Gasteiger partial charge in [-0.05, 0) is 31.4 Å². The van der Waals surface area contributed by atoms with Gasteiger partial charge < -0.3 is 21.4 Å². The highest BCUT2D eigenvalue weighted by molar-refractivity contribution is 5.94. The summed E-state index contributed by atoms with van der Waals surface area (Å²) in [6.07, 6.45) is 10.1. The highest BCUT2D eigenvalue weighted by Crippen LogP contribution is 2.27. The molecule has 1 saturated carbocycles. The summed E-state index contributed by atoms with van der Waals surface area (Å²) >= 11 is 0. The summed E-state index contributed by atoms with van der Waals surface area (Å²) in [5.41, 5.74) is 9.52. The Labute approximate surface area is 147 Å². The zero-order valence-electron chi connectivity index (χ0n) is 14.4. The molecule has 0 radical (unpaired) electrons. The van der Waals surface area contributed by atoms with Crippen LogP contribution in [0.5, 0.6) is 0 Å². The monoisotopic (exact) mass is 336 g/mol. The molecule has 0 bridgehead atoms. The van der Waals surface area contributed by atoms with Crippen LogP contribution in [0.15, 0.2) is 36.8 Å². The van der Waals surface area contributed by atoms with Crippen molar-refractivity contribution in [2.75, 3.05) is 10.6 Å². The van der Waals surface area contributed by atoms with E-state index < -0.39 is 0 Å². The van der Waals surface area contributed by atoms with Gasteiger partial charge in [0.05, 0.1) is 23.6 Å². The van der Waals surface area contributed by atoms with Crippen LogP contribution in [0, 0.1) is 6.92 Å². The van der Waals surface area contributed by atoms with Crippen LogP contribution in [0.25, 0.3) is 10.9 Å². The van der Waals surface area contributed by atoms with Crippen LogP contribution < -0.4 is 16.4 Å². The van der Waals surface area contributed by atoms with E-state index in [9.17, 15) is 0 Å². The van der Waals surface area contributed by atoms with Crippen molar-refractivity contribution in [1.82, 2.24) is 15.0 Å². The highest BCUT2D eigenvalue weighted by Gasteiger charge is 2.21. The van der Waals surface area contributed by atoms with Crippen molar-refractivity contribution >= 4 is 28.2 Å². The first kappa shape index (κ1) is 15.9. The second-order valence-electron chi connectivity index (χ2n) is 6.81. The maximum atomic E-state index is 6.22. The van der Waals surface area contributed by atoms with E-state index in [1.54, 1.807) is 12.4 Å². The number of aromatic nitrogens is 3. The maximum absolute atomic E-state index is 6.22. The molecule has 2 heterocycles. The van der Waals surface area contributed by atoms with E-state index in [1.165, 1.54) is 23.8 Å². The number of aryl methyl sites for hydroxylation is 1. The predicted molar refractivity (Wildman–Crippen MR) is 102 cm³/mol. The highest BCUT2D eigenvalue weighted by atomic mass is 15.1. The Morgan fingerprint density at radius 3 is 2.88 bits per heavy atom. The van der Waals surface area contributed by atoms with Crippen molar-refractivity contribution in [3.8, 4) is 0 Å².